The van der Waals surface area contributed by atoms with Crippen LogP contribution in [-0.2, 0) is 22.6 Å². The van der Waals surface area contributed by atoms with Gasteiger partial charge in [-0.15, -0.1) is 0 Å². The summed E-state index contributed by atoms with van der Waals surface area (Å²) in [5.41, 5.74) is 11.8. The van der Waals surface area contributed by atoms with E-state index in [1.807, 2.05) is 12.1 Å². The zero-order valence-corrected chi connectivity index (χ0v) is 13.5. The maximum Gasteiger partial charge on any atom is 0.306 e. The van der Waals surface area contributed by atoms with Gasteiger partial charge in [-0.2, -0.15) is 15.0 Å². The van der Waals surface area contributed by atoms with Gasteiger partial charge in [0, 0.05) is 12.5 Å². The van der Waals surface area contributed by atoms with Crippen LogP contribution in [0.15, 0.2) is 18.2 Å². The van der Waals surface area contributed by atoms with E-state index >= 15 is 0 Å². The molecule has 24 heavy (non-hydrogen) atoms. The third-order valence-corrected chi connectivity index (χ3v) is 3.11. The first-order chi connectivity index (χ1) is 11.5. The number of methoxy groups -OCH3 is 2. The first-order valence-corrected chi connectivity index (χ1v) is 7.13. The summed E-state index contributed by atoms with van der Waals surface area (Å²) in [7, 11) is 3.14. The van der Waals surface area contributed by atoms with Crippen molar-refractivity contribution in [1.29, 1.82) is 0 Å². The number of nitrogens with zero attached hydrogens (tertiary/aromatic N) is 3. The second-order valence-electron chi connectivity index (χ2n) is 4.85. The maximum atomic E-state index is 11.9. The lowest BCUT2D eigenvalue weighted by Gasteiger charge is -2.08. The SMILES string of the molecule is COc1cc(CCC(=O)OCc2nc(N)nc(N)n2)cc(OC)c1. The Morgan fingerprint density at radius 1 is 1.00 bits per heavy atom. The summed E-state index contributed by atoms with van der Waals surface area (Å²) >= 11 is 0. The molecule has 0 spiro atoms. The Hall–Kier alpha value is -3.10. The van der Waals surface area contributed by atoms with Crippen LogP contribution in [0.3, 0.4) is 0 Å². The largest absolute Gasteiger partial charge is 0.497 e. The van der Waals surface area contributed by atoms with Crippen molar-refractivity contribution in [3.8, 4) is 11.5 Å². The first-order valence-electron chi connectivity index (χ1n) is 7.13. The third-order valence-electron chi connectivity index (χ3n) is 3.11. The lowest BCUT2D eigenvalue weighted by atomic mass is 10.1. The quantitative estimate of drug-likeness (QED) is 0.702. The highest BCUT2D eigenvalue weighted by atomic mass is 16.5. The second kappa shape index (κ2) is 7.95. The van der Waals surface area contributed by atoms with E-state index < -0.39 is 5.97 Å². The highest BCUT2D eigenvalue weighted by Gasteiger charge is 2.09. The van der Waals surface area contributed by atoms with E-state index in [0.717, 1.165) is 5.56 Å². The minimum atomic E-state index is -0.394. The Kier molecular flexibility index (Phi) is 5.72. The summed E-state index contributed by atoms with van der Waals surface area (Å²) in [4.78, 5) is 23.2. The van der Waals surface area contributed by atoms with Crippen molar-refractivity contribution >= 4 is 17.9 Å². The van der Waals surface area contributed by atoms with E-state index in [1.54, 1.807) is 20.3 Å². The van der Waals surface area contributed by atoms with Gasteiger partial charge in [0.25, 0.3) is 0 Å². The van der Waals surface area contributed by atoms with Gasteiger partial charge < -0.3 is 25.7 Å². The summed E-state index contributed by atoms with van der Waals surface area (Å²) in [6, 6.07) is 5.43. The number of nitrogens with two attached hydrogens (primary N) is 2. The smallest absolute Gasteiger partial charge is 0.306 e. The van der Waals surface area contributed by atoms with Crippen LogP contribution in [-0.4, -0.2) is 35.1 Å². The number of rotatable bonds is 7. The summed E-state index contributed by atoms with van der Waals surface area (Å²) in [5.74, 6) is 1.10. The van der Waals surface area contributed by atoms with Gasteiger partial charge in [-0.3, -0.25) is 4.79 Å². The number of anilines is 2. The first kappa shape index (κ1) is 17.3. The number of carbonyl (C=O) groups excluding carboxylic acids is 1. The van der Waals surface area contributed by atoms with E-state index in [2.05, 4.69) is 15.0 Å². The molecule has 0 saturated heterocycles. The molecule has 0 aliphatic carbocycles. The molecule has 1 aromatic carbocycles. The zero-order chi connectivity index (χ0) is 17.5. The van der Waals surface area contributed by atoms with Crippen LogP contribution in [0.1, 0.15) is 17.8 Å². The summed E-state index contributed by atoms with van der Waals surface area (Å²) in [5, 5.41) is 0. The van der Waals surface area contributed by atoms with Crippen LogP contribution in [0.25, 0.3) is 0 Å². The number of hydrogen-bond donors (Lipinski definition) is 2. The molecule has 4 N–H and O–H groups in total. The lowest BCUT2D eigenvalue weighted by molar-refractivity contribution is -0.145. The number of hydrogen-bond acceptors (Lipinski definition) is 9. The number of carbonyl (C=O) groups is 1. The molecule has 1 aromatic heterocycles. The summed E-state index contributed by atoms with van der Waals surface area (Å²) in [6.45, 7) is -0.114. The Morgan fingerprint density at radius 2 is 1.58 bits per heavy atom. The minimum Gasteiger partial charge on any atom is -0.497 e. The van der Waals surface area contributed by atoms with Crippen LogP contribution in [0, 0.1) is 0 Å². The molecule has 0 saturated carbocycles. The average molecular weight is 333 g/mol. The normalized spacial score (nSPS) is 10.2. The molecule has 0 fully saturated rings. The average Bonchev–Trinajstić information content (AvgIpc) is 2.57. The van der Waals surface area contributed by atoms with E-state index in [-0.39, 0.29) is 30.7 Å². The maximum absolute atomic E-state index is 11.9. The van der Waals surface area contributed by atoms with E-state index in [4.69, 9.17) is 25.7 Å². The third kappa shape index (κ3) is 4.97. The highest BCUT2D eigenvalue weighted by Crippen LogP contribution is 2.23. The van der Waals surface area contributed by atoms with Crippen LogP contribution >= 0.6 is 0 Å². The molecule has 0 atom stereocenters. The fourth-order valence-electron chi connectivity index (χ4n) is 2.00. The van der Waals surface area contributed by atoms with Gasteiger partial charge >= 0.3 is 5.97 Å². The van der Waals surface area contributed by atoms with Crippen molar-refractivity contribution in [2.24, 2.45) is 0 Å². The van der Waals surface area contributed by atoms with Gasteiger partial charge in [-0.05, 0) is 24.1 Å². The molecule has 0 radical (unpaired) electrons. The molecule has 9 nitrogen and oxygen atoms in total. The summed E-state index contributed by atoms with van der Waals surface area (Å²) < 4.78 is 15.5. The van der Waals surface area contributed by atoms with Crippen molar-refractivity contribution < 1.29 is 19.0 Å². The molecule has 2 rings (SSSR count). The van der Waals surface area contributed by atoms with Gasteiger partial charge in [0.1, 0.15) is 11.5 Å². The van der Waals surface area contributed by atoms with Crippen LogP contribution < -0.4 is 20.9 Å². The minimum absolute atomic E-state index is 0.0166. The number of aromatic nitrogens is 3. The van der Waals surface area contributed by atoms with E-state index in [9.17, 15) is 4.79 Å². The van der Waals surface area contributed by atoms with Gasteiger partial charge in [0.2, 0.25) is 11.9 Å². The molecule has 0 unspecified atom stereocenters. The molecule has 0 amide bonds. The lowest BCUT2D eigenvalue weighted by Crippen LogP contribution is -2.11. The van der Waals surface area contributed by atoms with Gasteiger partial charge in [-0.1, -0.05) is 0 Å². The molecule has 9 heteroatoms. The molecule has 2 aromatic rings. The van der Waals surface area contributed by atoms with Crippen molar-refractivity contribution in [3.05, 3.63) is 29.6 Å². The molecule has 0 bridgehead atoms. The Morgan fingerprint density at radius 3 is 2.12 bits per heavy atom. The number of esters is 1. The van der Waals surface area contributed by atoms with Gasteiger partial charge in [0.15, 0.2) is 12.4 Å². The Labute approximate surface area is 139 Å². The second-order valence-corrected chi connectivity index (χ2v) is 4.85. The highest BCUT2D eigenvalue weighted by molar-refractivity contribution is 5.69. The number of aryl methyl sites for hydroxylation is 1. The van der Waals surface area contributed by atoms with E-state index in [0.29, 0.717) is 17.9 Å². The van der Waals surface area contributed by atoms with Crippen LogP contribution in [0.2, 0.25) is 0 Å². The predicted octanol–water partition coefficient (Wildman–Crippen LogP) is 0.729. The zero-order valence-electron chi connectivity index (χ0n) is 13.5. The topological polar surface area (TPSA) is 135 Å². The number of benzene rings is 1. The fraction of sp³-hybridized carbons (Fsp3) is 0.333. The van der Waals surface area contributed by atoms with E-state index in [1.165, 1.54) is 0 Å². The summed E-state index contributed by atoms with van der Waals surface area (Å²) in [6.07, 6.45) is 0.667. The Balaban J connectivity index is 1.89. The van der Waals surface area contributed by atoms with Crippen molar-refractivity contribution in [1.82, 2.24) is 15.0 Å². The molecule has 128 valence electrons. The fourth-order valence-corrected chi connectivity index (χ4v) is 2.00. The molecule has 0 aliphatic rings. The van der Waals surface area contributed by atoms with Gasteiger partial charge in [-0.25, -0.2) is 0 Å². The van der Waals surface area contributed by atoms with Crippen molar-refractivity contribution in [3.63, 3.8) is 0 Å². The molecule has 1 heterocycles. The van der Waals surface area contributed by atoms with Crippen molar-refractivity contribution in [2.75, 3.05) is 25.7 Å². The predicted molar refractivity (Wildman–Crippen MR) is 86.3 cm³/mol. The van der Waals surface area contributed by atoms with Crippen LogP contribution in [0.4, 0.5) is 11.9 Å². The monoisotopic (exact) mass is 333 g/mol. The molecular weight excluding hydrogens is 314 g/mol. The number of ether oxygens (including phenoxy) is 3. The van der Waals surface area contributed by atoms with Gasteiger partial charge in [0.05, 0.1) is 14.2 Å². The molecular formula is C15H19N5O4. The Bertz CT molecular complexity index is 681. The standard InChI is InChI=1S/C15H19N5O4/c1-22-10-5-9(6-11(7-10)23-2)3-4-13(21)24-8-12-18-14(16)20-15(17)19-12/h5-7H,3-4,8H2,1-2H3,(H4,16,17,18,19,20). The number of nitrogen functional groups attached to an aromatic ring is 2. The molecule has 0 aliphatic heterocycles. The van der Waals surface area contributed by atoms with Crippen LogP contribution in [0.5, 0.6) is 11.5 Å². The van der Waals surface area contributed by atoms with Crippen molar-refractivity contribution in [2.45, 2.75) is 19.4 Å².